The van der Waals surface area contributed by atoms with E-state index in [1.165, 1.54) is 5.57 Å². The first-order chi connectivity index (χ1) is 5.11. The van der Waals surface area contributed by atoms with Gasteiger partial charge in [-0.25, -0.2) is 0 Å². The predicted molar refractivity (Wildman–Crippen MR) is 46.4 cm³/mol. The van der Waals surface area contributed by atoms with Crippen molar-refractivity contribution in [2.24, 2.45) is 5.92 Å². The Balaban J connectivity index is 2.78. The van der Waals surface area contributed by atoms with E-state index in [-0.39, 0.29) is 0 Å². The molecule has 1 atom stereocenters. The molecule has 0 aromatic heterocycles. The van der Waals surface area contributed by atoms with Crippen LogP contribution >= 0.6 is 0 Å². The molecule has 0 aromatic carbocycles. The molecular weight excluding hydrogens is 136 g/mol. The van der Waals surface area contributed by atoms with Crippen LogP contribution in [0.15, 0.2) is 11.1 Å². The lowest BCUT2D eigenvalue weighted by atomic mass is 9.84. The van der Waals surface area contributed by atoms with Gasteiger partial charge in [0.25, 0.3) is 0 Å². The molecule has 0 aliphatic heterocycles. The molecule has 0 saturated heterocycles. The van der Waals surface area contributed by atoms with Gasteiger partial charge in [0.05, 0.1) is 0 Å². The molecule has 0 amide bonds. The summed E-state index contributed by atoms with van der Waals surface area (Å²) in [7, 11) is 0. The number of Topliss-reactive ketones (excluding diaryl/α,β-unsaturated/α-hetero) is 1. The fourth-order valence-corrected chi connectivity index (χ4v) is 1.58. The highest BCUT2D eigenvalue weighted by atomic mass is 16.1. The molecule has 11 heavy (non-hydrogen) atoms. The third-order valence-corrected chi connectivity index (χ3v) is 2.36. The number of carbonyl (C=O) groups is 1. The van der Waals surface area contributed by atoms with Gasteiger partial charge in [0.15, 0.2) is 5.78 Å². The van der Waals surface area contributed by atoms with Crippen molar-refractivity contribution >= 4 is 5.78 Å². The number of hydrogen-bond acceptors (Lipinski definition) is 1. The lowest BCUT2D eigenvalue weighted by Crippen LogP contribution is -2.15. The van der Waals surface area contributed by atoms with Crippen molar-refractivity contribution < 1.29 is 4.79 Å². The topological polar surface area (TPSA) is 17.1 Å². The maximum absolute atomic E-state index is 11.3. The maximum Gasteiger partial charge on any atom is 0.158 e. The van der Waals surface area contributed by atoms with Crippen molar-refractivity contribution in [3.63, 3.8) is 0 Å². The molecule has 0 unspecified atom stereocenters. The summed E-state index contributed by atoms with van der Waals surface area (Å²) < 4.78 is 0. The molecule has 0 bridgehead atoms. The van der Waals surface area contributed by atoms with Gasteiger partial charge in [-0.1, -0.05) is 12.5 Å². The van der Waals surface area contributed by atoms with Gasteiger partial charge >= 0.3 is 0 Å². The van der Waals surface area contributed by atoms with Crippen LogP contribution in [0.1, 0.15) is 40.0 Å². The highest BCUT2D eigenvalue weighted by Gasteiger charge is 2.20. The lowest BCUT2D eigenvalue weighted by molar-refractivity contribution is -0.117. The fourth-order valence-electron chi connectivity index (χ4n) is 1.58. The Morgan fingerprint density at radius 2 is 2.09 bits per heavy atom. The summed E-state index contributed by atoms with van der Waals surface area (Å²) in [6.07, 6.45) is 2.85. The minimum atomic E-state index is 0.378. The average molecular weight is 152 g/mol. The smallest absolute Gasteiger partial charge is 0.158 e. The average Bonchev–Trinajstić information content (AvgIpc) is 1.94. The minimum absolute atomic E-state index is 0.378. The summed E-state index contributed by atoms with van der Waals surface area (Å²) in [5, 5.41) is 0. The van der Waals surface area contributed by atoms with E-state index >= 15 is 0 Å². The Bertz CT molecular complexity index is 197. The molecule has 1 aliphatic carbocycles. The van der Waals surface area contributed by atoms with Crippen LogP contribution in [0.2, 0.25) is 0 Å². The SMILES string of the molecule is CC(C)=C1C[C@@H](C)CCC1=O. The number of allylic oxidation sites excluding steroid dienone is 2. The minimum Gasteiger partial charge on any atom is -0.295 e. The fraction of sp³-hybridized carbons (Fsp3) is 0.700. The molecule has 0 heterocycles. The van der Waals surface area contributed by atoms with Gasteiger partial charge in [-0.2, -0.15) is 0 Å². The quantitative estimate of drug-likeness (QED) is 0.488. The van der Waals surface area contributed by atoms with Crippen LogP contribution in [-0.2, 0) is 4.79 Å². The van der Waals surface area contributed by atoms with Gasteiger partial charge in [-0.3, -0.25) is 4.79 Å². The summed E-state index contributed by atoms with van der Waals surface area (Å²) in [6.45, 7) is 6.28. The summed E-state index contributed by atoms with van der Waals surface area (Å²) in [5.74, 6) is 1.08. The summed E-state index contributed by atoms with van der Waals surface area (Å²) in [6, 6.07) is 0. The Morgan fingerprint density at radius 3 is 2.55 bits per heavy atom. The Labute approximate surface area is 68.5 Å². The molecule has 1 rings (SSSR count). The summed E-state index contributed by atoms with van der Waals surface area (Å²) >= 11 is 0. The van der Waals surface area contributed by atoms with Gasteiger partial charge in [0.1, 0.15) is 0 Å². The third-order valence-electron chi connectivity index (χ3n) is 2.36. The Morgan fingerprint density at radius 1 is 1.45 bits per heavy atom. The number of carbonyl (C=O) groups excluding carboxylic acids is 1. The van der Waals surface area contributed by atoms with E-state index in [2.05, 4.69) is 6.92 Å². The van der Waals surface area contributed by atoms with Crippen molar-refractivity contribution in [1.82, 2.24) is 0 Å². The largest absolute Gasteiger partial charge is 0.295 e. The first-order valence-corrected chi connectivity index (χ1v) is 4.31. The zero-order valence-corrected chi connectivity index (χ0v) is 7.61. The molecule has 0 aromatic rings. The van der Waals surface area contributed by atoms with Crippen LogP contribution in [0, 0.1) is 5.92 Å². The first kappa shape index (κ1) is 8.51. The van der Waals surface area contributed by atoms with E-state index < -0.39 is 0 Å². The van der Waals surface area contributed by atoms with Gasteiger partial charge in [-0.15, -0.1) is 0 Å². The standard InChI is InChI=1S/C10H16O/c1-7(2)9-6-8(3)4-5-10(9)11/h8H,4-6H2,1-3H3/t8-/m0/s1. The van der Waals surface area contributed by atoms with Crippen molar-refractivity contribution in [1.29, 1.82) is 0 Å². The van der Waals surface area contributed by atoms with E-state index in [9.17, 15) is 4.79 Å². The molecule has 0 N–H and O–H groups in total. The van der Waals surface area contributed by atoms with E-state index in [4.69, 9.17) is 0 Å². The molecular formula is C10H16O. The van der Waals surface area contributed by atoms with Crippen molar-refractivity contribution in [3.05, 3.63) is 11.1 Å². The summed E-state index contributed by atoms with van der Waals surface area (Å²) in [4.78, 5) is 11.3. The molecule has 1 nitrogen and oxygen atoms in total. The Kier molecular flexibility index (Phi) is 2.48. The van der Waals surface area contributed by atoms with Crippen molar-refractivity contribution in [2.75, 3.05) is 0 Å². The van der Waals surface area contributed by atoms with Crippen molar-refractivity contribution in [3.8, 4) is 0 Å². The van der Waals surface area contributed by atoms with E-state index in [1.807, 2.05) is 13.8 Å². The van der Waals surface area contributed by atoms with Gasteiger partial charge in [0.2, 0.25) is 0 Å². The highest BCUT2D eigenvalue weighted by Crippen LogP contribution is 2.27. The Hall–Kier alpha value is -0.590. The van der Waals surface area contributed by atoms with E-state index in [0.717, 1.165) is 24.8 Å². The van der Waals surface area contributed by atoms with Crippen molar-refractivity contribution in [2.45, 2.75) is 40.0 Å². The van der Waals surface area contributed by atoms with Gasteiger partial charge in [-0.05, 0) is 38.2 Å². The highest BCUT2D eigenvalue weighted by molar-refractivity contribution is 5.96. The maximum atomic E-state index is 11.3. The monoisotopic (exact) mass is 152 g/mol. The molecule has 0 spiro atoms. The van der Waals surface area contributed by atoms with Crippen LogP contribution in [0.4, 0.5) is 0 Å². The molecule has 1 heteroatoms. The predicted octanol–water partition coefficient (Wildman–Crippen LogP) is 2.71. The molecule has 1 saturated carbocycles. The number of hydrogen-bond donors (Lipinski definition) is 0. The number of rotatable bonds is 0. The zero-order valence-electron chi connectivity index (χ0n) is 7.61. The van der Waals surface area contributed by atoms with E-state index in [0.29, 0.717) is 11.7 Å². The zero-order chi connectivity index (χ0) is 8.43. The van der Waals surface area contributed by atoms with Crippen LogP contribution in [-0.4, -0.2) is 5.78 Å². The number of ketones is 1. The second kappa shape index (κ2) is 3.21. The molecule has 0 radical (unpaired) electrons. The van der Waals surface area contributed by atoms with Crippen LogP contribution in [0.5, 0.6) is 0 Å². The molecule has 1 fully saturated rings. The summed E-state index contributed by atoms with van der Waals surface area (Å²) in [5.41, 5.74) is 2.30. The van der Waals surface area contributed by atoms with Crippen LogP contribution < -0.4 is 0 Å². The second-order valence-electron chi connectivity index (χ2n) is 3.75. The van der Waals surface area contributed by atoms with E-state index in [1.54, 1.807) is 0 Å². The second-order valence-corrected chi connectivity index (χ2v) is 3.75. The van der Waals surface area contributed by atoms with Gasteiger partial charge in [0, 0.05) is 6.42 Å². The molecule has 62 valence electrons. The normalized spacial score (nSPS) is 25.5. The molecule has 1 aliphatic rings. The lowest BCUT2D eigenvalue weighted by Gasteiger charge is -2.20. The first-order valence-electron chi connectivity index (χ1n) is 4.31. The third kappa shape index (κ3) is 1.92. The van der Waals surface area contributed by atoms with Crippen LogP contribution in [0.25, 0.3) is 0 Å². The van der Waals surface area contributed by atoms with Crippen LogP contribution in [0.3, 0.4) is 0 Å². The van der Waals surface area contributed by atoms with Gasteiger partial charge < -0.3 is 0 Å².